The minimum absolute atomic E-state index is 0.0793. The predicted octanol–water partition coefficient (Wildman–Crippen LogP) is 0.729. The number of halogens is 1. The Morgan fingerprint density at radius 2 is 2.22 bits per heavy atom. The van der Waals surface area contributed by atoms with Gasteiger partial charge in [0, 0.05) is 25.1 Å². The number of rotatable bonds is 4. The maximum absolute atomic E-state index is 12.6. The molecule has 1 aromatic rings. The lowest BCUT2D eigenvalue weighted by Crippen LogP contribution is -2.25. The maximum Gasteiger partial charge on any atom is 0.302 e. The van der Waals surface area contributed by atoms with E-state index in [-0.39, 0.29) is 18.9 Å². The lowest BCUT2D eigenvalue weighted by Gasteiger charge is -2.15. The van der Waals surface area contributed by atoms with E-state index in [0.717, 1.165) is 5.69 Å². The molecule has 2 rings (SSSR count). The summed E-state index contributed by atoms with van der Waals surface area (Å²) in [7, 11) is -4.52. The molecule has 1 aliphatic rings. The van der Waals surface area contributed by atoms with Crippen LogP contribution in [0.4, 0.5) is 3.89 Å². The molecule has 0 N–H and O–H groups in total. The van der Waals surface area contributed by atoms with Gasteiger partial charge in [-0.3, -0.25) is 9.78 Å². The summed E-state index contributed by atoms with van der Waals surface area (Å²) in [5, 5.41) is 0. The van der Waals surface area contributed by atoms with Crippen LogP contribution in [0, 0.1) is 5.92 Å². The molecule has 0 bridgehead atoms. The molecule has 98 valence electrons. The number of carbonyl (C=O) groups excluding carboxylic acids is 1. The van der Waals surface area contributed by atoms with Crippen molar-refractivity contribution in [2.24, 2.45) is 5.92 Å². The molecule has 2 heterocycles. The molecule has 1 unspecified atom stereocenters. The van der Waals surface area contributed by atoms with Crippen LogP contribution in [-0.4, -0.2) is 36.5 Å². The van der Waals surface area contributed by atoms with Crippen molar-refractivity contribution in [3.8, 4) is 0 Å². The highest BCUT2D eigenvalue weighted by Gasteiger charge is 2.32. The molecule has 0 aromatic carbocycles. The Bertz CT molecular complexity index is 532. The number of hydrogen-bond acceptors (Lipinski definition) is 4. The first-order valence-corrected chi connectivity index (χ1v) is 7.09. The smallest absolute Gasteiger partial charge is 0.302 e. The van der Waals surface area contributed by atoms with Gasteiger partial charge in [-0.25, -0.2) is 0 Å². The second-order valence-electron chi connectivity index (χ2n) is 4.37. The first-order chi connectivity index (χ1) is 8.44. The molecule has 5 nitrogen and oxygen atoms in total. The van der Waals surface area contributed by atoms with Crippen LogP contribution < -0.4 is 0 Å². The fourth-order valence-corrected chi connectivity index (χ4v) is 2.87. The van der Waals surface area contributed by atoms with Crippen molar-refractivity contribution in [1.82, 2.24) is 9.88 Å². The van der Waals surface area contributed by atoms with Crippen LogP contribution in [0.2, 0.25) is 0 Å². The van der Waals surface area contributed by atoms with Crippen LogP contribution in [0.3, 0.4) is 0 Å². The van der Waals surface area contributed by atoms with Gasteiger partial charge in [-0.15, -0.1) is 3.89 Å². The molecule has 0 saturated carbocycles. The third kappa shape index (κ3) is 3.49. The third-order valence-corrected chi connectivity index (χ3v) is 3.68. The second kappa shape index (κ2) is 5.01. The topological polar surface area (TPSA) is 67.3 Å². The second-order valence-corrected chi connectivity index (χ2v) is 5.78. The quantitative estimate of drug-likeness (QED) is 0.758. The Labute approximate surface area is 105 Å². The summed E-state index contributed by atoms with van der Waals surface area (Å²) in [6.45, 7) is 0.598. The van der Waals surface area contributed by atoms with Gasteiger partial charge in [-0.05, 0) is 12.1 Å². The first-order valence-electron chi connectivity index (χ1n) is 5.54. The summed E-state index contributed by atoms with van der Waals surface area (Å²) in [5.74, 6) is -1.21. The normalized spacial score (nSPS) is 20.4. The summed E-state index contributed by atoms with van der Waals surface area (Å²) in [6.07, 6.45) is 1.70. The minimum atomic E-state index is -4.52. The highest BCUT2D eigenvalue weighted by atomic mass is 32.3. The molecule has 1 saturated heterocycles. The number of carbonyl (C=O) groups is 1. The number of amides is 1. The lowest BCUT2D eigenvalue weighted by molar-refractivity contribution is -0.128. The molecular weight excluding hydrogens is 259 g/mol. The van der Waals surface area contributed by atoms with Crippen molar-refractivity contribution < 1.29 is 17.1 Å². The zero-order valence-corrected chi connectivity index (χ0v) is 10.4. The summed E-state index contributed by atoms with van der Waals surface area (Å²) in [6, 6.07) is 5.37. The molecule has 0 spiro atoms. The van der Waals surface area contributed by atoms with Crippen molar-refractivity contribution in [3.05, 3.63) is 30.1 Å². The van der Waals surface area contributed by atoms with Gasteiger partial charge in [0.25, 0.3) is 0 Å². The van der Waals surface area contributed by atoms with E-state index in [1.165, 1.54) is 4.90 Å². The van der Waals surface area contributed by atoms with Gasteiger partial charge in [0.15, 0.2) is 0 Å². The Morgan fingerprint density at radius 1 is 1.44 bits per heavy atom. The largest absolute Gasteiger partial charge is 0.336 e. The molecule has 0 radical (unpaired) electrons. The van der Waals surface area contributed by atoms with E-state index in [1.54, 1.807) is 18.3 Å². The third-order valence-electron chi connectivity index (χ3n) is 2.81. The number of aromatic nitrogens is 1. The average Bonchev–Trinajstić information content (AvgIpc) is 2.58. The zero-order chi connectivity index (χ0) is 13.2. The molecule has 0 aliphatic carbocycles. The van der Waals surface area contributed by atoms with Gasteiger partial charge in [0.05, 0.1) is 18.0 Å². The monoisotopic (exact) mass is 272 g/mol. The molecule has 1 aromatic heterocycles. The zero-order valence-electron chi connectivity index (χ0n) is 9.62. The first kappa shape index (κ1) is 12.9. The molecule has 1 fully saturated rings. The predicted molar refractivity (Wildman–Crippen MR) is 62.7 cm³/mol. The highest BCUT2D eigenvalue weighted by Crippen LogP contribution is 2.21. The van der Waals surface area contributed by atoms with Gasteiger partial charge in [-0.1, -0.05) is 6.07 Å². The Kier molecular flexibility index (Phi) is 3.60. The summed E-state index contributed by atoms with van der Waals surface area (Å²) in [5.41, 5.74) is 0.731. The van der Waals surface area contributed by atoms with Crippen LogP contribution in [0.15, 0.2) is 24.4 Å². The van der Waals surface area contributed by atoms with Crippen LogP contribution in [-0.2, 0) is 21.6 Å². The van der Waals surface area contributed by atoms with Crippen LogP contribution in [0.25, 0.3) is 0 Å². The van der Waals surface area contributed by atoms with Gasteiger partial charge < -0.3 is 4.90 Å². The van der Waals surface area contributed by atoms with E-state index in [2.05, 4.69) is 4.98 Å². The minimum Gasteiger partial charge on any atom is -0.336 e. The number of likely N-dealkylation sites (tertiary alicyclic amines) is 1. The van der Waals surface area contributed by atoms with Gasteiger partial charge in [-0.2, -0.15) is 8.42 Å². The standard InChI is InChI=1S/C11H13FN2O3S/c12-18(16,17)8-9-5-11(15)14(6-9)7-10-3-1-2-4-13-10/h1-4,9H,5-8H2. The van der Waals surface area contributed by atoms with Gasteiger partial charge in [0.2, 0.25) is 5.91 Å². The molecule has 7 heteroatoms. The van der Waals surface area contributed by atoms with Crippen molar-refractivity contribution in [1.29, 1.82) is 0 Å². The van der Waals surface area contributed by atoms with Crippen LogP contribution in [0.5, 0.6) is 0 Å². The fraction of sp³-hybridized carbons (Fsp3) is 0.455. The Hall–Kier alpha value is -1.50. The average molecular weight is 272 g/mol. The van der Waals surface area contributed by atoms with E-state index in [9.17, 15) is 17.1 Å². The van der Waals surface area contributed by atoms with E-state index in [4.69, 9.17) is 0 Å². The number of nitrogens with zero attached hydrogens (tertiary/aromatic N) is 2. The van der Waals surface area contributed by atoms with E-state index in [1.807, 2.05) is 6.07 Å². The number of pyridine rings is 1. The molecule has 1 amide bonds. The van der Waals surface area contributed by atoms with E-state index >= 15 is 0 Å². The summed E-state index contributed by atoms with van der Waals surface area (Å²) >= 11 is 0. The fourth-order valence-electron chi connectivity index (χ4n) is 2.09. The summed E-state index contributed by atoms with van der Waals surface area (Å²) in [4.78, 5) is 17.3. The maximum atomic E-state index is 12.6. The molecule has 18 heavy (non-hydrogen) atoms. The molecule has 1 atom stereocenters. The van der Waals surface area contributed by atoms with Gasteiger partial charge >= 0.3 is 10.2 Å². The van der Waals surface area contributed by atoms with E-state index in [0.29, 0.717) is 6.54 Å². The van der Waals surface area contributed by atoms with Crippen LogP contribution in [0.1, 0.15) is 12.1 Å². The Balaban J connectivity index is 1.98. The van der Waals surface area contributed by atoms with E-state index < -0.39 is 21.9 Å². The number of hydrogen-bond donors (Lipinski definition) is 0. The summed E-state index contributed by atoms with van der Waals surface area (Å²) < 4.78 is 33.7. The van der Waals surface area contributed by atoms with Crippen molar-refractivity contribution in [2.45, 2.75) is 13.0 Å². The van der Waals surface area contributed by atoms with Crippen molar-refractivity contribution in [2.75, 3.05) is 12.3 Å². The lowest BCUT2D eigenvalue weighted by atomic mass is 10.1. The van der Waals surface area contributed by atoms with Gasteiger partial charge in [0.1, 0.15) is 0 Å². The molecular formula is C11H13FN2O3S. The van der Waals surface area contributed by atoms with Crippen LogP contribution >= 0.6 is 0 Å². The highest BCUT2D eigenvalue weighted by molar-refractivity contribution is 7.86. The SMILES string of the molecule is O=C1CC(CS(=O)(=O)F)CN1Cc1ccccn1. The van der Waals surface area contributed by atoms with Crippen molar-refractivity contribution >= 4 is 16.1 Å². The molecule has 1 aliphatic heterocycles. The Morgan fingerprint density at radius 3 is 2.83 bits per heavy atom. The van der Waals surface area contributed by atoms with Crippen molar-refractivity contribution in [3.63, 3.8) is 0 Å².